The number of benzene rings is 1. The molecule has 4 N–H and O–H groups in total. The van der Waals surface area contributed by atoms with Crippen molar-refractivity contribution in [2.75, 3.05) is 0 Å². The maximum Gasteiger partial charge on any atom is 0.241 e. The van der Waals surface area contributed by atoms with Crippen LogP contribution in [0.2, 0.25) is 0 Å². The quantitative estimate of drug-likeness (QED) is 0.662. The third-order valence-corrected chi connectivity index (χ3v) is 3.92. The molecule has 2 heterocycles. The average Bonchev–Trinajstić information content (AvgIpc) is 3.23. The van der Waals surface area contributed by atoms with Crippen LogP contribution in [0.3, 0.4) is 0 Å². The van der Waals surface area contributed by atoms with Crippen LogP contribution in [-0.2, 0) is 11.3 Å². The van der Waals surface area contributed by atoms with Gasteiger partial charge in [0.05, 0.1) is 11.4 Å². The van der Waals surface area contributed by atoms with Crippen LogP contribution in [0.1, 0.15) is 28.6 Å². The number of amides is 1. The van der Waals surface area contributed by atoms with Crippen LogP contribution in [0.4, 0.5) is 0 Å². The largest absolute Gasteiger partial charge is 0.350 e. The number of carbonyl (C=O) groups is 1. The topological polar surface area (TPSA) is 102 Å². The highest BCUT2D eigenvalue weighted by atomic mass is 16.2. The minimum absolute atomic E-state index is 0.230. The van der Waals surface area contributed by atoms with Crippen LogP contribution in [0, 0.1) is 13.8 Å². The van der Waals surface area contributed by atoms with Gasteiger partial charge in [-0.05, 0) is 37.6 Å². The predicted molar refractivity (Wildman–Crippen MR) is 90.4 cm³/mol. The number of aromatic nitrogens is 4. The number of hydrogen-bond donors (Lipinski definition) is 3. The number of carbonyl (C=O) groups excluding carboxylic acids is 1. The number of hydrogen-bond acceptors (Lipinski definition) is 4. The molecule has 0 spiro atoms. The molecule has 3 rings (SSSR count). The van der Waals surface area contributed by atoms with Gasteiger partial charge in [-0.2, -0.15) is 10.2 Å². The molecule has 0 aliphatic heterocycles. The standard InChI is InChI=1S/C17H20N6O/c1-11-15(12(2)22-21-11)16(18)17(24)19-10-13-5-3-6-14(9-13)23-8-4-7-20-23/h3-9,16H,10,18H2,1-2H3,(H,19,24)(H,21,22)/t16-/m0/s1. The Labute approximate surface area is 139 Å². The van der Waals surface area contributed by atoms with Gasteiger partial charge >= 0.3 is 0 Å². The lowest BCUT2D eigenvalue weighted by atomic mass is 10.1. The second-order valence-corrected chi connectivity index (χ2v) is 5.66. The monoisotopic (exact) mass is 324 g/mol. The fraction of sp³-hybridized carbons (Fsp3) is 0.235. The highest BCUT2D eigenvalue weighted by molar-refractivity contribution is 5.83. The predicted octanol–water partition coefficient (Wildman–Crippen LogP) is 1.53. The molecule has 0 fully saturated rings. The summed E-state index contributed by atoms with van der Waals surface area (Å²) in [5.74, 6) is -0.230. The Kier molecular flexibility index (Phi) is 4.43. The number of nitrogens with two attached hydrogens (primary N) is 1. The zero-order valence-electron chi connectivity index (χ0n) is 13.7. The summed E-state index contributed by atoms with van der Waals surface area (Å²) >= 11 is 0. The molecule has 1 amide bonds. The van der Waals surface area contributed by atoms with E-state index in [0.29, 0.717) is 6.54 Å². The van der Waals surface area contributed by atoms with Gasteiger partial charge in [0.1, 0.15) is 6.04 Å². The van der Waals surface area contributed by atoms with Crippen LogP contribution >= 0.6 is 0 Å². The van der Waals surface area contributed by atoms with E-state index in [1.807, 2.05) is 50.4 Å². The van der Waals surface area contributed by atoms with Crippen molar-refractivity contribution >= 4 is 5.91 Å². The first kappa shape index (κ1) is 15.9. The minimum Gasteiger partial charge on any atom is -0.350 e. The smallest absolute Gasteiger partial charge is 0.241 e. The second-order valence-electron chi connectivity index (χ2n) is 5.66. The Hall–Kier alpha value is -2.93. The number of rotatable bonds is 5. The zero-order valence-corrected chi connectivity index (χ0v) is 13.7. The SMILES string of the molecule is Cc1n[nH]c(C)c1[C@H](N)C(=O)NCc1cccc(-n2cccn2)c1. The van der Waals surface area contributed by atoms with Gasteiger partial charge in [-0.3, -0.25) is 9.89 Å². The van der Waals surface area contributed by atoms with Crippen molar-refractivity contribution in [1.29, 1.82) is 0 Å². The van der Waals surface area contributed by atoms with Gasteiger partial charge in [-0.15, -0.1) is 0 Å². The average molecular weight is 324 g/mol. The molecule has 0 saturated heterocycles. The molecule has 0 bridgehead atoms. The fourth-order valence-electron chi connectivity index (χ4n) is 2.68. The van der Waals surface area contributed by atoms with Crippen LogP contribution in [0.5, 0.6) is 0 Å². The van der Waals surface area contributed by atoms with Crippen molar-refractivity contribution in [1.82, 2.24) is 25.3 Å². The van der Waals surface area contributed by atoms with E-state index in [0.717, 1.165) is 28.2 Å². The minimum atomic E-state index is -0.738. The number of H-pyrrole nitrogens is 1. The van der Waals surface area contributed by atoms with E-state index in [-0.39, 0.29) is 5.91 Å². The molecular weight excluding hydrogens is 304 g/mol. The molecular formula is C17H20N6O. The summed E-state index contributed by atoms with van der Waals surface area (Å²) in [7, 11) is 0. The molecule has 0 unspecified atom stereocenters. The Morgan fingerprint density at radius 3 is 2.88 bits per heavy atom. The van der Waals surface area contributed by atoms with Crippen LogP contribution in [-0.4, -0.2) is 25.9 Å². The first-order chi connectivity index (χ1) is 11.6. The first-order valence-electron chi connectivity index (χ1n) is 7.70. The van der Waals surface area contributed by atoms with E-state index in [2.05, 4.69) is 20.6 Å². The maximum absolute atomic E-state index is 12.3. The third kappa shape index (κ3) is 3.21. The maximum atomic E-state index is 12.3. The van der Waals surface area contributed by atoms with Gasteiger partial charge in [0.15, 0.2) is 0 Å². The second kappa shape index (κ2) is 6.67. The molecule has 24 heavy (non-hydrogen) atoms. The van der Waals surface area contributed by atoms with E-state index >= 15 is 0 Å². The molecule has 1 atom stereocenters. The summed E-state index contributed by atoms with van der Waals surface area (Å²) in [6.45, 7) is 4.09. The van der Waals surface area contributed by atoms with Crippen molar-refractivity contribution in [2.24, 2.45) is 5.73 Å². The molecule has 2 aromatic heterocycles. The number of aryl methyl sites for hydroxylation is 2. The van der Waals surface area contributed by atoms with Crippen molar-refractivity contribution in [3.63, 3.8) is 0 Å². The molecule has 0 aliphatic rings. The van der Waals surface area contributed by atoms with E-state index in [4.69, 9.17) is 5.73 Å². The lowest BCUT2D eigenvalue weighted by Gasteiger charge is -2.13. The van der Waals surface area contributed by atoms with Gasteiger partial charge in [0.2, 0.25) is 5.91 Å². The molecule has 1 aromatic carbocycles. The highest BCUT2D eigenvalue weighted by Crippen LogP contribution is 2.17. The molecule has 3 aromatic rings. The molecule has 124 valence electrons. The fourth-order valence-corrected chi connectivity index (χ4v) is 2.68. The van der Waals surface area contributed by atoms with Crippen molar-refractivity contribution < 1.29 is 4.79 Å². The molecule has 0 saturated carbocycles. The van der Waals surface area contributed by atoms with E-state index in [9.17, 15) is 4.79 Å². The molecule has 0 radical (unpaired) electrons. The van der Waals surface area contributed by atoms with Crippen molar-refractivity contribution in [3.05, 3.63) is 65.2 Å². The first-order valence-corrected chi connectivity index (χ1v) is 7.70. The summed E-state index contributed by atoms with van der Waals surface area (Å²) in [5.41, 5.74) is 10.3. The molecule has 7 nitrogen and oxygen atoms in total. The number of nitrogens with one attached hydrogen (secondary N) is 2. The summed E-state index contributed by atoms with van der Waals surface area (Å²) in [6, 6.07) is 8.95. The van der Waals surface area contributed by atoms with Gasteiger partial charge in [-0.1, -0.05) is 12.1 Å². The summed E-state index contributed by atoms with van der Waals surface area (Å²) in [4.78, 5) is 12.3. The van der Waals surface area contributed by atoms with Crippen LogP contribution in [0.15, 0.2) is 42.7 Å². The van der Waals surface area contributed by atoms with Crippen molar-refractivity contribution in [3.8, 4) is 5.69 Å². The van der Waals surface area contributed by atoms with Crippen LogP contribution < -0.4 is 11.1 Å². The van der Waals surface area contributed by atoms with Crippen LogP contribution in [0.25, 0.3) is 5.69 Å². The van der Waals surface area contributed by atoms with E-state index < -0.39 is 6.04 Å². The van der Waals surface area contributed by atoms with Gasteiger partial charge in [-0.25, -0.2) is 4.68 Å². The molecule has 0 aliphatic carbocycles. The van der Waals surface area contributed by atoms with Gasteiger partial charge in [0, 0.05) is 30.2 Å². The van der Waals surface area contributed by atoms with Crippen molar-refractivity contribution in [2.45, 2.75) is 26.4 Å². The summed E-state index contributed by atoms with van der Waals surface area (Å²) in [6.07, 6.45) is 3.60. The van der Waals surface area contributed by atoms with E-state index in [1.165, 1.54) is 0 Å². The Balaban J connectivity index is 1.67. The summed E-state index contributed by atoms with van der Waals surface area (Å²) in [5, 5.41) is 14.0. The van der Waals surface area contributed by atoms with Gasteiger partial charge in [0.25, 0.3) is 0 Å². The Bertz CT molecular complexity index is 817. The zero-order chi connectivity index (χ0) is 17.1. The number of nitrogens with zero attached hydrogens (tertiary/aromatic N) is 3. The normalized spacial score (nSPS) is 12.1. The lowest BCUT2D eigenvalue weighted by molar-refractivity contribution is -0.122. The number of aromatic amines is 1. The lowest BCUT2D eigenvalue weighted by Crippen LogP contribution is -2.34. The van der Waals surface area contributed by atoms with Gasteiger partial charge < -0.3 is 11.1 Å². The molecule has 7 heteroatoms. The van der Waals surface area contributed by atoms with E-state index in [1.54, 1.807) is 10.9 Å². The Morgan fingerprint density at radius 1 is 1.38 bits per heavy atom. The highest BCUT2D eigenvalue weighted by Gasteiger charge is 2.21. The summed E-state index contributed by atoms with van der Waals surface area (Å²) < 4.78 is 1.77. The third-order valence-electron chi connectivity index (χ3n) is 3.92. The Morgan fingerprint density at radius 2 is 2.21 bits per heavy atom.